The minimum atomic E-state index is 0.890. The predicted octanol–water partition coefficient (Wildman–Crippen LogP) is 3.35. The molecule has 2 rings (SSSR count). The lowest BCUT2D eigenvalue weighted by Crippen LogP contribution is -2.08. The lowest BCUT2D eigenvalue weighted by atomic mass is 10.0. The van der Waals surface area contributed by atoms with Crippen LogP contribution in [0.15, 0.2) is 18.2 Å². The van der Waals surface area contributed by atoms with Crippen molar-refractivity contribution in [2.75, 3.05) is 6.61 Å². The SMILES string of the molecule is CCCCc1ccc2c(c1)CCCO2. The molecule has 1 aromatic carbocycles. The molecule has 0 unspecified atom stereocenters. The van der Waals surface area contributed by atoms with Crippen LogP contribution in [0.4, 0.5) is 0 Å². The molecule has 0 aliphatic carbocycles. The zero-order valence-electron chi connectivity index (χ0n) is 8.88. The largest absolute Gasteiger partial charge is 0.493 e. The Morgan fingerprint density at radius 3 is 3.14 bits per heavy atom. The summed E-state index contributed by atoms with van der Waals surface area (Å²) >= 11 is 0. The normalized spacial score (nSPS) is 14.6. The Hall–Kier alpha value is -0.980. The summed E-state index contributed by atoms with van der Waals surface area (Å²) in [5.41, 5.74) is 2.88. The highest BCUT2D eigenvalue weighted by atomic mass is 16.5. The van der Waals surface area contributed by atoms with Gasteiger partial charge in [-0.15, -0.1) is 0 Å². The van der Waals surface area contributed by atoms with Crippen molar-refractivity contribution < 1.29 is 4.74 Å². The van der Waals surface area contributed by atoms with Crippen LogP contribution >= 0.6 is 0 Å². The summed E-state index contributed by atoms with van der Waals surface area (Å²) in [5, 5.41) is 0. The Morgan fingerprint density at radius 1 is 1.36 bits per heavy atom. The van der Waals surface area contributed by atoms with Crippen molar-refractivity contribution in [1.29, 1.82) is 0 Å². The third kappa shape index (κ3) is 2.09. The van der Waals surface area contributed by atoms with E-state index in [0.717, 1.165) is 12.4 Å². The number of hydrogen-bond donors (Lipinski definition) is 0. The molecule has 0 radical (unpaired) electrons. The summed E-state index contributed by atoms with van der Waals surface area (Å²) in [4.78, 5) is 0. The molecule has 1 aliphatic rings. The first-order valence-corrected chi connectivity index (χ1v) is 5.65. The van der Waals surface area contributed by atoms with Gasteiger partial charge in [-0.25, -0.2) is 0 Å². The number of aryl methyl sites for hydroxylation is 2. The maximum atomic E-state index is 5.58. The van der Waals surface area contributed by atoms with Crippen molar-refractivity contribution in [3.05, 3.63) is 29.3 Å². The maximum absolute atomic E-state index is 5.58. The molecule has 0 saturated carbocycles. The Kier molecular flexibility index (Phi) is 3.07. The van der Waals surface area contributed by atoms with Gasteiger partial charge in [-0.3, -0.25) is 0 Å². The van der Waals surface area contributed by atoms with Gasteiger partial charge in [0.25, 0.3) is 0 Å². The second-order valence-electron chi connectivity index (χ2n) is 4.00. The Bertz CT molecular complexity index is 304. The molecule has 0 aromatic heterocycles. The number of fused-ring (bicyclic) bond motifs is 1. The molecule has 0 bridgehead atoms. The first-order valence-electron chi connectivity index (χ1n) is 5.65. The minimum Gasteiger partial charge on any atom is -0.493 e. The number of ether oxygens (including phenoxy) is 1. The quantitative estimate of drug-likeness (QED) is 0.710. The van der Waals surface area contributed by atoms with E-state index in [0.29, 0.717) is 0 Å². The number of benzene rings is 1. The topological polar surface area (TPSA) is 9.23 Å². The van der Waals surface area contributed by atoms with Gasteiger partial charge < -0.3 is 4.74 Å². The van der Waals surface area contributed by atoms with Crippen LogP contribution in [0.1, 0.15) is 37.3 Å². The Morgan fingerprint density at radius 2 is 2.29 bits per heavy atom. The van der Waals surface area contributed by atoms with Crippen LogP contribution in [0.5, 0.6) is 5.75 Å². The van der Waals surface area contributed by atoms with Crippen LogP contribution in [0.25, 0.3) is 0 Å². The molecule has 0 atom stereocenters. The summed E-state index contributed by atoms with van der Waals surface area (Å²) in [7, 11) is 0. The fourth-order valence-corrected chi connectivity index (χ4v) is 1.95. The molecule has 14 heavy (non-hydrogen) atoms. The summed E-state index contributed by atoms with van der Waals surface area (Å²) in [6.45, 7) is 3.13. The van der Waals surface area contributed by atoms with Crippen molar-refractivity contribution in [1.82, 2.24) is 0 Å². The zero-order chi connectivity index (χ0) is 9.80. The average molecular weight is 190 g/mol. The summed E-state index contributed by atoms with van der Waals surface area (Å²) < 4.78 is 5.58. The Balaban J connectivity index is 2.12. The molecule has 0 spiro atoms. The van der Waals surface area contributed by atoms with Crippen LogP contribution in [0.2, 0.25) is 0 Å². The maximum Gasteiger partial charge on any atom is 0.122 e. The Labute approximate surface area is 86.1 Å². The molecule has 0 fully saturated rings. The van der Waals surface area contributed by atoms with E-state index in [-0.39, 0.29) is 0 Å². The van der Waals surface area contributed by atoms with E-state index in [1.165, 1.54) is 43.2 Å². The van der Waals surface area contributed by atoms with Gasteiger partial charge in [0.2, 0.25) is 0 Å². The van der Waals surface area contributed by atoms with E-state index in [2.05, 4.69) is 25.1 Å². The third-order valence-corrected chi connectivity index (χ3v) is 2.79. The molecule has 1 aromatic rings. The first-order chi connectivity index (χ1) is 6.90. The van der Waals surface area contributed by atoms with Gasteiger partial charge in [-0.05, 0) is 42.9 Å². The lowest BCUT2D eigenvalue weighted by Gasteiger charge is -2.17. The van der Waals surface area contributed by atoms with Gasteiger partial charge in [-0.1, -0.05) is 25.5 Å². The van der Waals surface area contributed by atoms with Crippen LogP contribution in [-0.4, -0.2) is 6.61 Å². The highest BCUT2D eigenvalue weighted by molar-refractivity contribution is 5.38. The molecule has 0 amide bonds. The van der Waals surface area contributed by atoms with E-state index < -0.39 is 0 Å². The van der Waals surface area contributed by atoms with E-state index in [4.69, 9.17) is 4.74 Å². The molecule has 0 N–H and O–H groups in total. The fraction of sp³-hybridized carbons (Fsp3) is 0.538. The van der Waals surface area contributed by atoms with Crippen molar-refractivity contribution >= 4 is 0 Å². The van der Waals surface area contributed by atoms with E-state index >= 15 is 0 Å². The highest BCUT2D eigenvalue weighted by Crippen LogP contribution is 2.25. The number of unbranched alkanes of at least 4 members (excludes halogenated alkanes) is 1. The smallest absolute Gasteiger partial charge is 0.122 e. The van der Waals surface area contributed by atoms with Crippen LogP contribution in [0, 0.1) is 0 Å². The highest BCUT2D eigenvalue weighted by Gasteiger charge is 2.09. The monoisotopic (exact) mass is 190 g/mol. The number of hydrogen-bond acceptors (Lipinski definition) is 1. The van der Waals surface area contributed by atoms with Gasteiger partial charge in [0.05, 0.1) is 6.61 Å². The van der Waals surface area contributed by atoms with Crippen molar-refractivity contribution in [2.45, 2.75) is 39.0 Å². The molecule has 1 heteroatoms. The van der Waals surface area contributed by atoms with E-state index in [1.807, 2.05) is 0 Å². The van der Waals surface area contributed by atoms with Crippen molar-refractivity contribution in [3.63, 3.8) is 0 Å². The van der Waals surface area contributed by atoms with Gasteiger partial charge in [0.15, 0.2) is 0 Å². The van der Waals surface area contributed by atoms with Crippen LogP contribution in [0.3, 0.4) is 0 Å². The molecular formula is C13H18O. The van der Waals surface area contributed by atoms with Crippen molar-refractivity contribution in [3.8, 4) is 5.75 Å². The van der Waals surface area contributed by atoms with Gasteiger partial charge in [0.1, 0.15) is 5.75 Å². The summed E-state index contributed by atoms with van der Waals surface area (Å²) in [6.07, 6.45) is 6.14. The minimum absolute atomic E-state index is 0.890. The standard InChI is InChI=1S/C13H18O/c1-2-3-5-11-7-8-13-12(10-11)6-4-9-14-13/h7-8,10H,2-6,9H2,1H3. The zero-order valence-corrected chi connectivity index (χ0v) is 8.88. The summed E-state index contributed by atoms with van der Waals surface area (Å²) in [5.74, 6) is 1.11. The second-order valence-corrected chi connectivity index (χ2v) is 4.00. The molecule has 76 valence electrons. The third-order valence-electron chi connectivity index (χ3n) is 2.79. The molecule has 1 heterocycles. The average Bonchev–Trinajstić information content (AvgIpc) is 2.26. The van der Waals surface area contributed by atoms with E-state index in [1.54, 1.807) is 0 Å². The molecule has 1 aliphatic heterocycles. The van der Waals surface area contributed by atoms with Crippen LogP contribution < -0.4 is 4.74 Å². The first kappa shape index (κ1) is 9.57. The van der Waals surface area contributed by atoms with Gasteiger partial charge in [0, 0.05) is 0 Å². The molecule has 0 saturated heterocycles. The van der Waals surface area contributed by atoms with E-state index in [9.17, 15) is 0 Å². The van der Waals surface area contributed by atoms with Crippen molar-refractivity contribution in [2.24, 2.45) is 0 Å². The van der Waals surface area contributed by atoms with Gasteiger partial charge in [-0.2, -0.15) is 0 Å². The fourth-order valence-electron chi connectivity index (χ4n) is 1.95. The molecular weight excluding hydrogens is 172 g/mol. The second kappa shape index (κ2) is 4.50. The van der Waals surface area contributed by atoms with Gasteiger partial charge >= 0.3 is 0 Å². The predicted molar refractivity (Wildman–Crippen MR) is 58.9 cm³/mol. The number of rotatable bonds is 3. The summed E-state index contributed by atoms with van der Waals surface area (Å²) in [6, 6.07) is 6.67. The van der Waals surface area contributed by atoms with Crippen LogP contribution in [-0.2, 0) is 12.8 Å². The molecule has 1 nitrogen and oxygen atoms in total. The lowest BCUT2D eigenvalue weighted by molar-refractivity contribution is 0.288.